The van der Waals surface area contributed by atoms with E-state index in [0.717, 1.165) is 33.0 Å². The van der Waals surface area contributed by atoms with Gasteiger partial charge in [0.1, 0.15) is 89.6 Å². The van der Waals surface area contributed by atoms with Gasteiger partial charge in [0.05, 0.1) is 0 Å². The van der Waals surface area contributed by atoms with E-state index >= 15 is 0 Å². The van der Waals surface area contributed by atoms with E-state index in [4.69, 9.17) is 97.8 Å². The van der Waals surface area contributed by atoms with Crippen molar-refractivity contribution < 1.29 is 4.42 Å². The van der Waals surface area contributed by atoms with E-state index < -0.39 is 0 Å². The zero-order valence-corrected chi connectivity index (χ0v) is 31.5. The van der Waals surface area contributed by atoms with Crippen LogP contribution in [0.5, 0.6) is 0 Å². The zero-order chi connectivity index (χ0) is 41.3. The fourth-order valence-corrected chi connectivity index (χ4v) is 7.35. The molecule has 7 aromatic carbocycles. The van der Waals surface area contributed by atoms with Gasteiger partial charge in [-0.15, -0.1) is 32.8 Å². The van der Waals surface area contributed by atoms with E-state index in [1.54, 1.807) is 0 Å². The minimum atomic E-state index is 0.0150. The number of nitrogens with zero attached hydrogens (tertiary/aromatic N) is 3. The largest absolute Gasteiger partial charge is 0.456 e. The standard InChI is InChI=1S/C45H19B10N3O/c46-33-31(34(47)38(51)41(54)37(33)50)44-56-43(57-45(58-44)32-35(48)39(52)42(55)40(53)36(32)49)26-15-17-30-28(19-26)27-18-25(14-16-29(27)59-30)24-12-10-23(11-13-24)22-8-6-21(7-9-22)20-4-2-1-3-5-20/h1-19H. The second kappa shape index (κ2) is 15.0. The predicted molar refractivity (Wildman–Crippen MR) is 254 cm³/mol. The SMILES string of the molecule is [B]c1c([B])c([B])c(-c2nc(-c3ccc4oc5ccc(-c6ccc(-c7ccc(-c8ccccc8)cc7)cc6)cc5c4c3)nc(-c3c([B])c([B])c([B])c([B])c3[B])n2)c([B])c1[B]. The topological polar surface area (TPSA) is 51.8 Å². The summed E-state index contributed by atoms with van der Waals surface area (Å²) in [6, 6.07) is 39.1. The minimum Gasteiger partial charge on any atom is -0.456 e. The van der Waals surface area contributed by atoms with Crippen molar-refractivity contribution in [1.29, 1.82) is 0 Å². The molecule has 0 saturated heterocycles. The number of rotatable bonds is 6. The molecule has 2 heterocycles. The molecule has 0 spiro atoms. The lowest BCUT2D eigenvalue weighted by molar-refractivity contribution is 0.669. The Bertz CT molecular complexity index is 3010. The summed E-state index contributed by atoms with van der Waals surface area (Å²) in [6.45, 7) is 0. The summed E-state index contributed by atoms with van der Waals surface area (Å²) in [5.41, 5.74) is 9.10. The Morgan fingerprint density at radius 3 is 1.02 bits per heavy atom. The summed E-state index contributed by atoms with van der Waals surface area (Å²) in [6.07, 6.45) is 0. The molecule has 2 aromatic heterocycles. The molecule has 0 aliphatic carbocycles. The Hall–Kier alpha value is -6.00. The first-order valence-corrected chi connectivity index (χ1v) is 18.4. The molecule has 0 aliphatic heterocycles. The van der Waals surface area contributed by atoms with Crippen LogP contribution in [0, 0.1) is 0 Å². The third kappa shape index (κ3) is 6.63. The number of hydrogen-bond donors (Lipinski definition) is 0. The molecule has 59 heavy (non-hydrogen) atoms. The van der Waals surface area contributed by atoms with Gasteiger partial charge in [0.2, 0.25) is 0 Å². The molecule has 0 saturated carbocycles. The second-order valence-corrected chi connectivity index (χ2v) is 14.2. The molecule has 0 atom stereocenters. The smallest absolute Gasteiger partial charge is 0.164 e. The van der Waals surface area contributed by atoms with Crippen molar-refractivity contribution >= 4 is 155 Å². The number of benzene rings is 7. The lowest BCUT2D eigenvalue weighted by Gasteiger charge is -2.22. The van der Waals surface area contributed by atoms with Gasteiger partial charge < -0.3 is 4.42 Å². The number of furan rings is 1. The highest BCUT2D eigenvalue weighted by atomic mass is 16.3. The first-order chi connectivity index (χ1) is 28.4. The highest BCUT2D eigenvalue weighted by molar-refractivity contribution is 6.69. The average molecular weight is 726 g/mol. The molecule has 0 fully saturated rings. The van der Waals surface area contributed by atoms with Crippen LogP contribution in [0.2, 0.25) is 0 Å². The molecule has 0 aliphatic rings. The first-order valence-electron chi connectivity index (χ1n) is 18.4. The Morgan fingerprint density at radius 2 is 0.593 bits per heavy atom. The maximum absolute atomic E-state index is 6.48. The van der Waals surface area contributed by atoms with Gasteiger partial charge >= 0.3 is 0 Å². The van der Waals surface area contributed by atoms with Crippen molar-refractivity contribution in [3.63, 3.8) is 0 Å². The van der Waals surface area contributed by atoms with Crippen molar-refractivity contribution in [2.75, 3.05) is 0 Å². The summed E-state index contributed by atoms with van der Waals surface area (Å²) in [5.74, 6) is 0.229. The van der Waals surface area contributed by atoms with Crippen LogP contribution in [-0.4, -0.2) is 93.4 Å². The summed E-state index contributed by atoms with van der Waals surface area (Å²) in [5, 5.41) is 1.70. The molecule has 20 radical (unpaired) electrons. The van der Waals surface area contributed by atoms with Gasteiger partial charge in [0.15, 0.2) is 17.5 Å². The Morgan fingerprint density at radius 1 is 0.288 bits per heavy atom. The van der Waals surface area contributed by atoms with Crippen molar-refractivity contribution in [1.82, 2.24) is 15.0 Å². The van der Waals surface area contributed by atoms with Crippen molar-refractivity contribution in [2.45, 2.75) is 0 Å². The second-order valence-electron chi connectivity index (χ2n) is 14.2. The van der Waals surface area contributed by atoms with E-state index in [1.807, 2.05) is 48.5 Å². The van der Waals surface area contributed by atoms with Crippen LogP contribution in [-0.2, 0) is 0 Å². The maximum atomic E-state index is 6.48. The number of fused-ring (bicyclic) bond motifs is 3. The van der Waals surface area contributed by atoms with E-state index in [1.165, 1.54) is 11.1 Å². The summed E-state index contributed by atoms with van der Waals surface area (Å²) < 4.78 is 6.28. The van der Waals surface area contributed by atoms with Crippen molar-refractivity contribution in [3.05, 3.63) is 115 Å². The molecule has 0 bridgehead atoms. The van der Waals surface area contributed by atoms with Gasteiger partial charge in [-0.3, -0.25) is 0 Å². The normalized spacial score (nSPS) is 11.4. The lowest BCUT2D eigenvalue weighted by atomic mass is 9.60. The molecule has 4 nitrogen and oxygen atoms in total. The van der Waals surface area contributed by atoms with E-state index in [0.29, 0.717) is 16.7 Å². The molecule has 9 rings (SSSR count). The maximum Gasteiger partial charge on any atom is 0.164 e. The minimum absolute atomic E-state index is 0.0150. The van der Waals surface area contributed by atoms with Crippen LogP contribution >= 0.6 is 0 Å². The molecule has 9 aromatic rings. The van der Waals surface area contributed by atoms with Gasteiger partial charge in [0.25, 0.3) is 0 Å². The van der Waals surface area contributed by atoms with Crippen LogP contribution in [0.3, 0.4) is 0 Å². The monoisotopic (exact) mass is 727 g/mol. The van der Waals surface area contributed by atoms with Gasteiger partial charge in [-0.1, -0.05) is 107 Å². The highest BCUT2D eigenvalue weighted by Crippen LogP contribution is 2.36. The summed E-state index contributed by atoms with van der Waals surface area (Å²) in [4.78, 5) is 14.3. The van der Waals surface area contributed by atoms with Crippen LogP contribution in [0.15, 0.2) is 120 Å². The van der Waals surface area contributed by atoms with E-state index in [2.05, 4.69) is 66.7 Å². The van der Waals surface area contributed by atoms with Gasteiger partial charge in [-0.25, -0.2) is 15.0 Å². The molecular weight excluding hydrogens is 707 g/mol. The van der Waals surface area contributed by atoms with Crippen LogP contribution < -0.4 is 54.6 Å². The fraction of sp³-hybridized carbons (Fsp3) is 0. The quantitative estimate of drug-likeness (QED) is 0.222. The summed E-state index contributed by atoms with van der Waals surface area (Å²) in [7, 11) is 63.1. The third-order valence-electron chi connectivity index (χ3n) is 10.8. The lowest BCUT2D eigenvalue weighted by Crippen LogP contribution is -2.55. The first kappa shape index (κ1) is 38.5. The Balaban J connectivity index is 1.14. The fourth-order valence-electron chi connectivity index (χ4n) is 7.35. The third-order valence-corrected chi connectivity index (χ3v) is 10.8. The van der Waals surface area contributed by atoms with Crippen molar-refractivity contribution in [3.8, 4) is 67.5 Å². The van der Waals surface area contributed by atoms with Crippen molar-refractivity contribution in [2.24, 2.45) is 0 Å². The molecular formula is C45H19B10N3O. The zero-order valence-electron chi connectivity index (χ0n) is 31.5. The Labute approximate surface area is 355 Å². The van der Waals surface area contributed by atoms with Crippen LogP contribution in [0.25, 0.3) is 89.5 Å². The van der Waals surface area contributed by atoms with Gasteiger partial charge in [-0.05, 0) is 63.7 Å². The van der Waals surface area contributed by atoms with Gasteiger partial charge in [-0.2, -0.15) is 0 Å². The number of aromatic nitrogens is 3. The number of hydrogen-bond acceptors (Lipinski definition) is 4. The van der Waals surface area contributed by atoms with Crippen LogP contribution in [0.1, 0.15) is 0 Å². The molecule has 0 unspecified atom stereocenters. The van der Waals surface area contributed by atoms with E-state index in [9.17, 15) is 0 Å². The van der Waals surface area contributed by atoms with Gasteiger partial charge in [0, 0.05) is 27.5 Å². The Kier molecular flexibility index (Phi) is 9.78. The molecule has 0 amide bonds. The molecule has 250 valence electrons. The summed E-state index contributed by atoms with van der Waals surface area (Å²) >= 11 is 0. The molecule has 14 heteroatoms. The molecule has 0 N–H and O–H groups in total. The van der Waals surface area contributed by atoms with Crippen LogP contribution in [0.4, 0.5) is 0 Å². The predicted octanol–water partition coefficient (Wildman–Crippen LogP) is -0.289. The highest BCUT2D eigenvalue weighted by Gasteiger charge is 2.22. The average Bonchev–Trinajstić information content (AvgIpc) is 3.64. The van der Waals surface area contributed by atoms with E-state index in [-0.39, 0.29) is 83.2 Å².